The molecule has 2 aromatic carbocycles. The number of carbonyl (C=O) groups excluding carboxylic acids is 2. The fourth-order valence-corrected chi connectivity index (χ4v) is 3.49. The Morgan fingerprint density at radius 1 is 1.07 bits per heavy atom. The number of nitrogens with one attached hydrogen (secondary N) is 1. The van der Waals surface area contributed by atoms with E-state index in [9.17, 15) is 9.59 Å². The summed E-state index contributed by atoms with van der Waals surface area (Å²) in [4.78, 5) is 26.6. The number of hydrogen-bond acceptors (Lipinski definition) is 2. The summed E-state index contributed by atoms with van der Waals surface area (Å²) in [7, 11) is 0. The first-order valence-electron chi connectivity index (χ1n) is 9.45. The molecule has 142 valence electrons. The van der Waals surface area contributed by atoms with E-state index >= 15 is 0 Å². The molecule has 2 aromatic rings. The number of amides is 2. The summed E-state index contributed by atoms with van der Waals surface area (Å²) in [5, 5.41) is 3.56. The van der Waals surface area contributed by atoms with E-state index in [0.29, 0.717) is 35.0 Å². The SMILES string of the molecule is CC1CCN(C(=O)c2ccc(NC(=O)CCc3ccccc3Cl)cc2)CC1. The average Bonchev–Trinajstić information content (AvgIpc) is 2.68. The Kier molecular flexibility index (Phi) is 6.51. The maximum absolute atomic E-state index is 12.6. The lowest BCUT2D eigenvalue weighted by Gasteiger charge is -2.30. The normalized spacial score (nSPS) is 14.8. The fourth-order valence-electron chi connectivity index (χ4n) is 3.26. The molecule has 0 radical (unpaired) electrons. The zero-order chi connectivity index (χ0) is 19.2. The van der Waals surface area contributed by atoms with Gasteiger partial charge in [0, 0.05) is 35.8 Å². The Morgan fingerprint density at radius 3 is 2.41 bits per heavy atom. The van der Waals surface area contributed by atoms with Gasteiger partial charge in [0.15, 0.2) is 0 Å². The molecule has 4 nitrogen and oxygen atoms in total. The van der Waals surface area contributed by atoms with Gasteiger partial charge in [-0.1, -0.05) is 36.7 Å². The Balaban J connectivity index is 1.52. The average molecular weight is 385 g/mol. The van der Waals surface area contributed by atoms with E-state index in [-0.39, 0.29) is 11.8 Å². The summed E-state index contributed by atoms with van der Waals surface area (Å²) in [6, 6.07) is 14.7. The lowest BCUT2D eigenvalue weighted by molar-refractivity contribution is -0.116. The number of carbonyl (C=O) groups is 2. The van der Waals surface area contributed by atoms with E-state index in [1.807, 2.05) is 29.2 Å². The minimum atomic E-state index is -0.0704. The number of rotatable bonds is 5. The van der Waals surface area contributed by atoms with Gasteiger partial charge in [0.05, 0.1) is 0 Å². The highest BCUT2D eigenvalue weighted by Gasteiger charge is 2.21. The molecular weight excluding hydrogens is 360 g/mol. The highest BCUT2D eigenvalue weighted by molar-refractivity contribution is 6.31. The number of hydrogen-bond donors (Lipinski definition) is 1. The standard InChI is InChI=1S/C22H25ClN2O2/c1-16-12-14-25(15-13-16)22(27)18-6-9-19(10-7-18)24-21(26)11-8-17-4-2-3-5-20(17)23/h2-7,9-10,16H,8,11-15H2,1H3,(H,24,26). The first-order valence-corrected chi connectivity index (χ1v) is 9.83. The van der Waals surface area contributed by atoms with Crippen LogP contribution in [0.1, 0.15) is 42.1 Å². The minimum absolute atomic E-state index is 0.0681. The van der Waals surface area contributed by atoms with Crippen LogP contribution in [-0.2, 0) is 11.2 Å². The van der Waals surface area contributed by atoms with Crippen molar-refractivity contribution in [3.8, 4) is 0 Å². The van der Waals surface area contributed by atoms with Gasteiger partial charge in [-0.25, -0.2) is 0 Å². The Hall–Kier alpha value is -2.33. The van der Waals surface area contributed by atoms with Gasteiger partial charge < -0.3 is 10.2 Å². The predicted molar refractivity (Wildman–Crippen MR) is 109 cm³/mol. The van der Waals surface area contributed by atoms with Crippen molar-refractivity contribution in [1.29, 1.82) is 0 Å². The van der Waals surface area contributed by atoms with Crippen molar-refractivity contribution < 1.29 is 9.59 Å². The number of anilines is 1. The van der Waals surface area contributed by atoms with Crippen LogP contribution in [0, 0.1) is 5.92 Å². The Bertz CT molecular complexity index is 796. The van der Waals surface area contributed by atoms with E-state index < -0.39 is 0 Å². The van der Waals surface area contributed by atoms with Crippen molar-refractivity contribution in [2.45, 2.75) is 32.6 Å². The molecule has 0 atom stereocenters. The first kappa shape index (κ1) is 19.4. The molecule has 1 aliphatic rings. The van der Waals surface area contributed by atoms with Crippen LogP contribution in [0.2, 0.25) is 5.02 Å². The molecule has 5 heteroatoms. The highest BCUT2D eigenvalue weighted by atomic mass is 35.5. The van der Waals surface area contributed by atoms with Crippen molar-refractivity contribution in [2.75, 3.05) is 18.4 Å². The molecule has 1 aliphatic heterocycles. The van der Waals surface area contributed by atoms with Crippen molar-refractivity contribution in [3.05, 3.63) is 64.7 Å². The van der Waals surface area contributed by atoms with Gasteiger partial charge >= 0.3 is 0 Å². The monoisotopic (exact) mass is 384 g/mol. The maximum atomic E-state index is 12.6. The van der Waals surface area contributed by atoms with Crippen LogP contribution in [0.5, 0.6) is 0 Å². The van der Waals surface area contributed by atoms with Crippen molar-refractivity contribution >= 4 is 29.1 Å². The van der Waals surface area contributed by atoms with Crippen molar-refractivity contribution in [1.82, 2.24) is 4.90 Å². The second kappa shape index (κ2) is 9.05. The van der Waals surface area contributed by atoms with Crippen LogP contribution >= 0.6 is 11.6 Å². The summed E-state index contributed by atoms with van der Waals surface area (Å²) < 4.78 is 0. The van der Waals surface area contributed by atoms with Gasteiger partial charge in [-0.15, -0.1) is 0 Å². The minimum Gasteiger partial charge on any atom is -0.339 e. The predicted octanol–water partition coefficient (Wildman–Crippen LogP) is 4.78. The molecule has 1 heterocycles. The van der Waals surface area contributed by atoms with Crippen LogP contribution in [0.4, 0.5) is 5.69 Å². The van der Waals surface area contributed by atoms with Gasteiger partial charge in [0.1, 0.15) is 0 Å². The first-order chi connectivity index (χ1) is 13.0. The van der Waals surface area contributed by atoms with Crippen molar-refractivity contribution in [2.24, 2.45) is 5.92 Å². The van der Waals surface area contributed by atoms with Crippen LogP contribution in [0.3, 0.4) is 0 Å². The molecule has 0 aliphatic carbocycles. The van der Waals surface area contributed by atoms with Gasteiger partial charge in [0.25, 0.3) is 5.91 Å². The molecule has 2 amide bonds. The van der Waals surface area contributed by atoms with E-state index in [1.165, 1.54) is 0 Å². The lowest BCUT2D eigenvalue weighted by atomic mass is 9.98. The lowest BCUT2D eigenvalue weighted by Crippen LogP contribution is -2.37. The van der Waals surface area contributed by atoms with Crippen LogP contribution < -0.4 is 5.32 Å². The molecule has 0 bridgehead atoms. The summed E-state index contributed by atoms with van der Waals surface area (Å²) in [6.45, 7) is 3.87. The van der Waals surface area contributed by atoms with Gasteiger partial charge in [-0.05, 0) is 61.1 Å². The molecule has 0 aromatic heterocycles. The maximum Gasteiger partial charge on any atom is 0.253 e. The number of nitrogens with zero attached hydrogens (tertiary/aromatic N) is 1. The van der Waals surface area contributed by atoms with E-state index in [1.54, 1.807) is 24.3 Å². The zero-order valence-corrected chi connectivity index (χ0v) is 16.3. The van der Waals surface area contributed by atoms with Crippen molar-refractivity contribution in [3.63, 3.8) is 0 Å². The molecule has 0 spiro atoms. The summed E-state index contributed by atoms with van der Waals surface area (Å²) in [5.74, 6) is 0.690. The molecule has 0 saturated carbocycles. The van der Waals surface area contributed by atoms with Crippen LogP contribution in [-0.4, -0.2) is 29.8 Å². The Labute approximate surface area is 165 Å². The second-order valence-corrected chi connectivity index (χ2v) is 7.60. The highest BCUT2D eigenvalue weighted by Crippen LogP contribution is 2.20. The van der Waals surface area contributed by atoms with E-state index in [2.05, 4.69) is 12.2 Å². The van der Waals surface area contributed by atoms with Crippen LogP contribution in [0.25, 0.3) is 0 Å². The molecule has 3 rings (SSSR count). The third-order valence-electron chi connectivity index (χ3n) is 5.07. The van der Waals surface area contributed by atoms with E-state index in [4.69, 9.17) is 11.6 Å². The van der Waals surface area contributed by atoms with E-state index in [0.717, 1.165) is 31.5 Å². The van der Waals surface area contributed by atoms with Gasteiger partial charge in [-0.3, -0.25) is 9.59 Å². The number of aryl methyl sites for hydroxylation is 1. The molecular formula is C22H25ClN2O2. The topological polar surface area (TPSA) is 49.4 Å². The molecule has 27 heavy (non-hydrogen) atoms. The third-order valence-corrected chi connectivity index (χ3v) is 5.43. The second-order valence-electron chi connectivity index (χ2n) is 7.19. The smallest absolute Gasteiger partial charge is 0.253 e. The quantitative estimate of drug-likeness (QED) is 0.806. The third kappa shape index (κ3) is 5.33. The number of likely N-dealkylation sites (tertiary alicyclic amines) is 1. The number of benzene rings is 2. The number of piperidine rings is 1. The summed E-state index contributed by atoms with van der Waals surface area (Å²) in [6.07, 6.45) is 3.07. The largest absolute Gasteiger partial charge is 0.339 e. The molecule has 1 N–H and O–H groups in total. The fraction of sp³-hybridized carbons (Fsp3) is 0.364. The molecule has 1 saturated heterocycles. The van der Waals surface area contributed by atoms with Crippen LogP contribution in [0.15, 0.2) is 48.5 Å². The van der Waals surface area contributed by atoms with Gasteiger partial charge in [0.2, 0.25) is 5.91 Å². The van der Waals surface area contributed by atoms with Gasteiger partial charge in [-0.2, -0.15) is 0 Å². The molecule has 0 unspecified atom stereocenters. The summed E-state index contributed by atoms with van der Waals surface area (Å²) in [5.41, 5.74) is 2.33. The zero-order valence-electron chi connectivity index (χ0n) is 15.6. The summed E-state index contributed by atoms with van der Waals surface area (Å²) >= 11 is 6.12. The Morgan fingerprint density at radius 2 is 1.74 bits per heavy atom. The number of halogens is 1. The molecule has 1 fully saturated rings.